The number of phenolic OH excluding ortho intramolecular Hbond substituents is 1. The number of hydrogen-bond acceptors (Lipinski definition) is 7. The second-order valence-electron chi connectivity index (χ2n) is 14.3. The van der Waals surface area contributed by atoms with Gasteiger partial charge in [0, 0.05) is 35.6 Å². The number of aromatic nitrogens is 2. The van der Waals surface area contributed by atoms with Gasteiger partial charge >= 0.3 is 12.1 Å². The molecule has 0 saturated heterocycles. The number of benzene rings is 1. The largest absolute Gasteiger partial charge is 0.507 e. The fraction of sp³-hybridized carbons (Fsp3) is 0.636. The average Bonchev–Trinajstić information content (AvgIpc) is 3.25. The van der Waals surface area contributed by atoms with Gasteiger partial charge in [-0.2, -0.15) is 0 Å². The molecule has 0 spiro atoms. The summed E-state index contributed by atoms with van der Waals surface area (Å²) in [5.41, 5.74) is -0.541. The minimum absolute atomic E-state index is 0.137. The Morgan fingerprint density at radius 3 is 1.81 bits per heavy atom. The number of imidazole rings is 1. The van der Waals surface area contributed by atoms with Crippen molar-refractivity contribution in [2.75, 3.05) is 6.79 Å². The lowest BCUT2D eigenvalue weighted by molar-refractivity contribution is -0.161. The Hall–Kier alpha value is -3.40. The van der Waals surface area contributed by atoms with E-state index in [0.717, 1.165) is 0 Å². The van der Waals surface area contributed by atoms with E-state index in [2.05, 4.69) is 4.99 Å². The number of phenols is 1. The van der Waals surface area contributed by atoms with Gasteiger partial charge in [0.1, 0.15) is 5.75 Å². The number of aliphatic hydroxyl groups is 1. The summed E-state index contributed by atoms with van der Waals surface area (Å²) in [6, 6.07) is 3.45. The van der Waals surface area contributed by atoms with Crippen LogP contribution < -0.4 is 5.62 Å². The number of esters is 1. The molecule has 1 heterocycles. The number of ether oxygens (including phenoxy) is 2. The first kappa shape index (κ1) is 35.8. The molecule has 2 N–H and O–H groups in total. The predicted octanol–water partition coefficient (Wildman–Crippen LogP) is 6.00. The summed E-state index contributed by atoms with van der Waals surface area (Å²) in [5.74, 6) is -0.581. The molecule has 1 amide bonds. The van der Waals surface area contributed by atoms with Gasteiger partial charge in [0.25, 0.3) is 0 Å². The number of carbonyl (C=O) groups is 3. The Kier molecular flexibility index (Phi) is 11.2. The number of aryl methyl sites for hydroxylation is 1. The summed E-state index contributed by atoms with van der Waals surface area (Å²) < 4.78 is 13.3. The van der Waals surface area contributed by atoms with Crippen LogP contribution in [0.4, 0.5) is 4.79 Å². The van der Waals surface area contributed by atoms with Gasteiger partial charge in [-0.05, 0) is 63.0 Å². The van der Waals surface area contributed by atoms with Gasteiger partial charge in [0.15, 0.2) is 5.78 Å². The Bertz CT molecular complexity index is 1340. The van der Waals surface area contributed by atoms with Crippen LogP contribution in [0.2, 0.25) is 0 Å². The molecule has 0 saturated carbocycles. The van der Waals surface area contributed by atoms with Gasteiger partial charge in [-0.15, -0.1) is 4.99 Å². The highest BCUT2D eigenvalue weighted by molar-refractivity contribution is 5.96. The number of carbonyl (C=O) groups excluding carboxylic acids is 3. The molecule has 240 valence electrons. The van der Waals surface area contributed by atoms with Gasteiger partial charge in [0.2, 0.25) is 12.4 Å². The van der Waals surface area contributed by atoms with Crippen LogP contribution in [0.1, 0.15) is 117 Å². The van der Waals surface area contributed by atoms with Crippen LogP contribution in [0.3, 0.4) is 0 Å². The molecule has 0 unspecified atom stereocenters. The standard InChI is InChI=1S/C33H51N3O7/c1-12-33(41,13-2)14-15-35-16-17-36(28(35)34-29(40)43-21-42-27(39)32(9,10)11)20-25(37)22-18-23(30(3,4)5)26(38)24(19-22)31(6,7)8/h16-19,38,41H,12-15,20-21H2,1-11H3. The smallest absolute Gasteiger partial charge is 0.439 e. The third-order valence-corrected chi connectivity index (χ3v) is 7.61. The highest BCUT2D eigenvalue weighted by Crippen LogP contribution is 2.40. The van der Waals surface area contributed by atoms with Crippen molar-refractivity contribution in [2.24, 2.45) is 10.4 Å². The van der Waals surface area contributed by atoms with E-state index in [1.165, 1.54) is 0 Å². The lowest BCUT2D eigenvalue weighted by atomic mass is 9.78. The van der Waals surface area contributed by atoms with Gasteiger partial charge in [-0.1, -0.05) is 55.4 Å². The van der Waals surface area contributed by atoms with Crippen LogP contribution in [0.5, 0.6) is 5.75 Å². The van der Waals surface area contributed by atoms with Crippen LogP contribution in [0, 0.1) is 5.41 Å². The van der Waals surface area contributed by atoms with Crippen molar-refractivity contribution < 1.29 is 34.1 Å². The summed E-state index contributed by atoms with van der Waals surface area (Å²) >= 11 is 0. The molecule has 0 aliphatic rings. The highest BCUT2D eigenvalue weighted by Gasteiger charge is 2.28. The Labute approximate surface area is 255 Å². The van der Waals surface area contributed by atoms with Crippen molar-refractivity contribution in [3.8, 4) is 5.75 Å². The fourth-order valence-electron chi connectivity index (χ4n) is 4.47. The van der Waals surface area contributed by atoms with Crippen molar-refractivity contribution in [1.29, 1.82) is 0 Å². The van der Waals surface area contributed by atoms with E-state index in [9.17, 15) is 24.6 Å². The number of Topliss-reactive ketones (excluding diaryl/α,β-unsaturated/α-hetero) is 1. The van der Waals surface area contributed by atoms with Crippen LogP contribution >= 0.6 is 0 Å². The zero-order chi connectivity index (χ0) is 33.0. The number of rotatable bonds is 10. The normalized spacial score (nSPS) is 13.3. The first-order valence-electron chi connectivity index (χ1n) is 14.9. The molecule has 2 aromatic rings. The molecule has 43 heavy (non-hydrogen) atoms. The van der Waals surface area contributed by atoms with Crippen LogP contribution in [-0.4, -0.2) is 49.6 Å². The average molecular weight is 602 g/mol. The summed E-state index contributed by atoms with van der Waals surface area (Å²) in [7, 11) is 0. The summed E-state index contributed by atoms with van der Waals surface area (Å²) in [6.45, 7) is 20.4. The Balaban J connectivity index is 2.50. The third-order valence-electron chi connectivity index (χ3n) is 7.61. The SMILES string of the molecule is CCC(O)(CC)CCn1ccn(CC(=O)c2cc(C(C)(C)C)c(O)c(C(C)(C)C)c2)c1=NC(=O)OCOC(=O)C(C)(C)C. The molecule has 1 aromatic carbocycles. The molecular weight excluding hydrogens is 550 g/mol. The van der Waals surface area contributed by atoms with Crippen molar-refractivity contribution >= 4 is 17.8 Å². The lowest BCUT2D eigenvalue weighted by Gasteiger charge is -2.28. The number of nitrogens with zero attached hydrogens (tertiary/aromatic N) is 3. The van der Waals surface area contributed by atoms with E-state index in [1.807, 2.05) is 55.4 Å². The van der Waals surface area contributed by atoms with E-state index in [4.69, 9.17) is 9.47 Å². The third kappa shape index (κ3) is 9.55. The molecule has 1 aromatic heterocycles. The summed E-state index contributed by atoms with van der Waals surface area (Å²) in [4.78, 5) is 42.5. The molecule has 2 rings (SSSR count). The highest BCUT2D eigenvalue weighted by atomic mass is 16.7. The predicted molar refractivity (Wildman–Crippen MR) is 165 cm³/mol. The summed E-state index contributed by atoms with van der Waals surface area (Å²) in [6.07, 6.45) is 3.89. The van der Waals surface area contributed by atoms with E-state index in [-0.39, 0.29) is 23.7 Å². The van der Waals surface area contributed by atoms with Gasteiger partial charge in [0.05, 0.1) is 17.6 Å². The number of amides is 1. The van der Waals surface area contributed by atoms with E-state index in [0.29, 0.717) is 42.5 Å². The lowest BCUT2D eigenvalue weighted by Crippen LogP contribution is -2.34. The molecule has 0 atom stereocenters. The molecule has 0 radical (unpaired) electrons. The van der Waals surface area contributed by atoms with Crippen molar-refractivity contribution in [3.63, 3.8) is 0 Å². The molecular formula is C33H51N3O7. The molecule has 0 fully saturated rings. The minimum atomic E-state index is -0.987. The van der Waals surface area contributed by atoms with Crippen molar-refractivity contribution in [1.82, 2.24) is 9.13 Å². The van der Waals surface area contributed by atoms with Crippen LogP contribution in [0.15, 0.2) is 29.5 Å². The number of aromatic hydroxyl groups is 1. The molecule has 10 nitrogen and oxygen atoms in total. The minimum Gasteiger partial charge on any atom is -0.507 e. The second kappa shape index (κ2) is 13.5. The van der Waals surface area contributed by atoms with Crippen LogP contribution in [0.25, 0.3) is 0 Å². The molecule has 0 aliphatic carbocycles. The summed E-state index contributed by atoms with van der Waals surface area (Å²) in [5, 5.41) is 21.9. The van der Waals surface area contributed by atoms with E-state index >= 15 is 0 Å². The Morgan fingerprint density at radius 1 is 0.837 bits per heavy atom. The monoisotopic (exact) mass is 601 g/mol. The zero-order valence-electron chi connectivity index (χ0n) is 27.8. The van der Waals surface area contributed by atoms with Gasteiger partial charge in [-0.25, -0.2) is 4.79 Å². The zero-order valence-corrected chi connectivity index (χ0v) is 27.8. The maximum absolute atomic E-state index is 13.7. The van der Waals surface area contributed by atoms with E-state index < -0.39 is 40.7 Å². The van der Waals surface area contributed by atoms with Crippen LogP contribution in [-0.2, 0) is 38.2 Å². The first-order valence-corrected chi connectivity index (χ1v) is 14.9. The molecule has 10 heteroatoms. The quantitative estimate of drug-likeness (QED) is 0.194. The maximum atomic E-state index is 13.7. The second-order valence-corrected chi connectivity index (χ2v) is 14.3. The molecule has 0 bridgehead atoms. The van der Waals surface area contributed by atoms with Gasteiger partial charge in [-0.3, -0.25) is 9.59 Å². The van der Waals surface area contributed by atoms with Crippen molar-refractivity contribution in [2.45, 2.75) is 125 Å². The number of ketones is 1. The maximum Gasteiger partial charge on any atom is 0.439 e. The first-order chi connectivity index (χ1) is 19.6. The van der Waals surface area contributed by atoms with Crippen molar-refractivity contribution in [3.05, 3.63) is 46.8 Å². The molecule has 0 aliphatic heterocycles. The fourth-order valence-corrected chi connectivity index (χ4v) is 4.47. The van der Waals surface area contributed by atoms with Gasteiger partial charge < -0.3 is 28.8 Å². The number of hydrogen-bond donors (Lipinski definition) is 2. The van der Waals surface area contributed by atoms with E-state index in [1.54, 1.807) is 54.4 Å². The topological polar surface area (TPSA) is 132 Å². The Morgan fingerprint density at radius 2 is 1.35 bits per heavy atom.